The second kappa shape index (κ2) is 9.48. The van der Waals surface area contributed by atoms with Gasteiger partial charge in [-0.05, 0) is 50.2 Å². The van der Waals surface area contributed by atoms with Gasteiger partial charge in [0.25, 0.3) is 5.91 Å². The van der Waals surface area contributed by atoms with Crippen molar-refractivity contribution in [3.05, 3.63) is 86.9 Å². The molecule has 2 aromatic heterocycles. The van der Waals surface area contributed by atoms with Gasteiger partial charge in [-0.2, -0.15) is 13.9 Å². The fourth-order valence-corrected chi connectivity index (χ4v) is 4.07. The normalized spacial score (nSPS) is 11.0. The number of aromatic nitrogens is 3. The molecule has 0 aliphatic carbocycles. The van der Waals surface area contributed by atoms with Gasteiger partial charge in [0, 0.05) is 22.2 Å². The van der Waals surface area contributed by atoms with E-state index in [9.17, 15) is 22.8 Å². The number of carbonyl (C=O) groups is 1. The molecular formula is C23H17F3N4O3S. The zero-order chi connectivity index (χ0) is 24.4. The van der Waals surface area contributed by atoms with E-state index in [2.05, 4.69) is 20.1 Å². The van der Waals surface area contributed by atoms with E-state index >= 15 is 0 Å². The third-order valence-corrected chi connectivity index (χ3v) is 5.66. The minimum absolute atomic E-state index is 0.0109. The molecule has 11 heteroatoms. The summed E-state index contributed by atoms with van der Waals surface area (Å²) in [5.74, 6) is -1.34. The molecule has 4 rings (SSSR count). The predicted octanol–water partition coefficient (Wildman–Crippen LogP) is 4.97. The summed E-state index contributed by atoms with van der Waals surface area (Å²) in [5.41, 5.74) is 0.581. The van der Waals surface area contributed by atoms with Crippen LogP contribution in [0.15, 0.2) is 59.4 Å². The lowest BCUT2D eigenvalue weighted by Gasteiger charge is -2.11. The summed E-state index contributed by atoms with van der Waals surface area (Å²) in [6.45, 7) is 0.435. The van der Waals surface area contributed by atoms with Gasteiger partial charge in [-0.15, -0.1) is 11.3 Å². The van der Waals surface area contributed by atoms with Gasteiger partial charge in [0.05, 0.1) is 5.69 Å². The molecule has 0 saturated heterocycles. The standard InChI is InChI=1S/C23H17F3N4O3S/c1-12-11-18(31)20(29-30(12)17-6-4-3-5-16(17)24)21(32)28-23-27-19(13(2)34-23)14-7-9-15(10-8-14)33-22(25)26/h3-11,22H,1-2H3,(H,27,28,32). The maximum atomic E-state index is 14.2. The Labute approximate surface area is 195 Å². The molecule has 2 aromatic carbocycles. The minimum atomic E-state index is -2.92. The van der Waals surface area contributed by atoms with E-state index in [1.165, 1.54) is 52.4 Å². The molecule has 0 bridgehead atoms. The number of anilines is 1. The Morgan fingerprint density at radius 2 is 1.82 bits per heavy atom. The average molecular weight is 486 g/mol. The fourth-order valence-electron chi connectivity index (χ4n) is 3.24. The highest BCUT2D eigenvalue weighted by atomic mass is 32.1. The first kappa shape index (κ1) is 23.2. The van der Waals surface area contributed by atoms with E-state index in [0.717, 1.165) is 4.88 Å². The Bertz CT molecular complexity index is 1420. The number of rotatable bonds is 6. The van der Waals surface area contributed by atoms with Gasteiger partial charge >= 0.3 is 6.61 Å². The summed E-state index contributed by atoms with van der Waals surface area (Å²) in [5, 5.41) is 6.84. The van der Waals surface area contributed by atoms with Crippen LogP contribution in [0.25, 0.3) is 16.9 Å². The first-order valence-electron chi connectivity index (χ1n) is 9.93. The van der Waals surface area contributed by atoms with Crippen molar-refractivity contribution in [1.82, 2.24) is 14.8 Å². The van der Waals surface area contributed by atoms with Crippen molar-refractivity contribution in [3.63, 3.8) is 0 Å². The molecule has 0 unspecified atom stereocenters. The highest BCUT2D eigenvalue weighted by molar-refractivity contribution is 7.16. The fraction of sp³-hybridized carbons (Fsp3) is 0.130. The van der Waals surface area contributed by atoms with Gasteiger partial charge in [0.15, 0.2) is 10.8 Å². The zero-order valence-corrected chi connectivity index (χ0v) is 18.7. The zero-order valence-electron chi connectivity index (χ0n) is 17.9. The van der Waals surface area contributed by atoms with Crippen LogP contribution in [0, 0.1) is 19.7 Å². The molecule has 0 radical (unpaired) electrons. The monoisotopic (exact) mass is 486 g/mol. The topological polar surface area (TPSA) is 86.1 Å². The molecule has 174 valence electrons. The predicted molar refractivity (Wildman–Crippen MR) is 121 cm³/mol. The molecule has 0 atom stereocenters. The van der Waals surface area contributed by atoms with Crippen molar-refractivity contribution >= 4 is 22.4 Å². The summed E-state index contributed by atoms with van der Waals surface area (Å²) in [6, 6.07) is 13.0. The Morgan fingerprint density at radius 1 is 1.12 bits per heavy atom. The van der Waals surface area contributed by atoms with Crippen LogP contribution in [0.2, 0.25) is 0 Å². The Kier molecular flexibility index (Phi) is 6.46. The molecule has 0 fully saturated rings. The van der Waals surface area contributed by atoms with Gasteiger partial charge in [-0.3, -0.25) is 14.9 Å². The first-order chi connectivity index (χ1) is 16.2. The van der Waals surface area contributed by atoms with Crippen molar-refractivity contribution in [2.45, 2.75) is 20.5 Å². The van der Waals surface area contributed by atoms with Crippen molar-refractivity contribution in [2.75, 3.05) is 5.32 Å². The summed E-state index contributed by atoms with van der Waals surface area (Å²) < 4.78 is 44.5. The molecule has 0 aliphatic heterocycles. The number of halogens is 3. The number of hydrogen-bond acceptors (Lipinski definition) is 6. The lowest BCUT2D eigenvalue weighted by molar-refractivity contribution is -0.0498. The van der Waals surface area contributed by atoms with E-state index in [4.69, 9.17) is 0 Å². The number of nitrogens with one attached hydrogen (secondary N) is 1. The smallest absolute Gasteiger partial charge is 0.387 e. The van der Waals surface area contributed by atoms with Crippen molar-refractivity contribution in [1.29, 1.82) is 0 Å². The Hall–Kier alpha value is -3.99. The van der Waals surface area contributed by atoms with E-state index in [1.807, 2.05) is 0 Å². The number of hydrogen-bond donors (Lipinski definition) is 1. The van der Waals surface area contributed by atoms with E-state index in [1.54, 1.807) is 32.0 Å². The number of para-hydroxylation sites is 1. The molecule has 0 saturated carbocycles. The van der Waals surface area contributed by atoms with Crippen LogP contribution >= 0.6 is 11.3 Å². The van der Waals surface area contributed by atoms with Gasteiger partial charge in [-0.25, -0.2) is 14.1 Å². The molecule has 34 heavy (non-hydrogen) atoms. The van der Waals surface area contributed by atoms with Crippen LogP contribution in [0.5, 0.6) is 5.75 Å². The number of alkyl halides is 2. The summed E-state index contributed by atoms with van der Waals surface area (Å²) >= 11 is 1.17. The second-order valence-electron chi connectivity index (χ2n) is 7.14. The third-order valence-electron chi connectivity index (χ3n) is 4.77. The molecule has 2 heterocycles. The number of benzene rings is 2. The van der Waals surface area contributed by atoms with Gasteiger partial charge in [-0.1, -0.05) is 12.1 Å². The lowest BCUT2D eigenvalue weighted by atomic mass is 10.1. The molecule has 1 N–H and O–H groups in total. The number of ether oxygens (including phenoxy) is 1. The van der Waals surface area contributed by atoms with E-state index < -0.39 is 29.5 Å². The van der Waals surface area contributed by atoms with Gasteiger partial charge < -0.3 is 4.74 Å². The van der Waals surface area contributed by atoms with Crippen LogP contribution in [0.4, 0.5) is 18.3 Å². The molecule has 4 aromatic rings. The molecule has 1 amide bonds. The number of aryl methyl sites for hydroxylation is 2. The minimum Gasteiger partial charge on any atom is -0.435 e. The van der Waals surface area contributed by atoms with Gasteiger partial charge in [0.1, 0.15) is 17.3 Å². The number of amides is 1. The lowest BCUT2D eigenvalue weighted by Crippen LogP contribution is -2.27. The first-order valence-corrected chi connectivity index (χ1v) is 10.7. The average Bonchev–Trinajstić information content (AvgIpc) is 3.14. The number of carbonyl (C=O) groups excluding carboxylic acids is 1. The van der Waals surface area contributed by atoms with Crippen LogP contribution in [0.1, 0.15) is 21.1 Å². The van der Waals surface area contributed by atoms with Crippen LogP contribution in [0.3, 0.4) is 0 Å². The van der Waals surface area contributed by atoms with E-state index in [-0.39, 0.29) is 16.6 Å². The highest BCUT2D eigenvalue weighted by Gasteiger charge is 2.19. The second-order valence-corrected chi connectivity index (χ2v) is 8.35. The molecule has 0 spiro atoms. The SMILES string of the molecule is Cc1sc(NC(=O)c2nn(-c3ccccc3F)c(C)cc2=O)nc1-c1ccc(OC(F)F)cc1. The largest absolute Gasteiger partial charge is 0.435 e. The molecular weight excluding hydrogens is 469 g/mol. The Morgan fingerprint density at radius 3 is 2.50 bits per heavy atom. The van der Waals surface area contributed by atoms with Crippen molar-refractivity contribution in [3.8, 4) is 22.7 Å². The highest BCUT2D eigenvalue weighted by Crippen LogP contribution is 2.31. The molecule has 0 aliphatic rings. The third kappa shape index (κ3) is 4.84. The summed E-state index contributed by atoms with van der Waals surface area (Å²) in [7, 11) is 0. The summed E-state index contributed by atoms with van der Waals surface area (Å²) in [4.78, 5) is 30.4. The van der Waals surface area contributed by atoms with Crippen molar-refractivity contribution < 1.29 is 22.7 Å². The number of nitrogens with zero attached hydrogens (tertiary/aromatic N) is 3. The van der Waals surface area contributed by atoms with Gasteiger partial charge in [0.2, 0.25) is 5.43 Å². The van der Waals surface area contributed by atoms with Crippen LogP contribution in [-0.4, -0.2) is 27.3 Å². The van der Waals surface area contributed by atoms with Crippen molar-refractivity contribution in [2.24, 2.45) is 0 Å². The quantitative estimate of drug-likeness (QED) is 0.416. The summed E-state index contributed by atoms with van der Waals surface area (Å²) in [6.07, 6.45) is 0. The molecule has 7 nitrogen and oxygen atoms in total. The Balaban J connectivity index is 1.60. The van der Waals surface area contributed by atoms with E-state index in [0.29, 0.717) is 17.0 Å². The van der Waals surface area contributed by atoms with Crippen LogP contribution < -0.4 is 15.5 Å². The maximum absolute atomic E-state index is 14.2. The maximum Gasteiger partial charge on any atom is 0.387 e. The number of thiazole rings is 1. The van der Waals surface area contributed by atoms with Crippen LogP contribution in [-0.2, 0) is 0 Å².